The van der Waals surface area contributed by atoms with Gasteiger partial charge in [0.15, 0.2) is 17.5 Å². The Morgan fingerprint density at radius 1 is 0.860 bits per heavy atom. The second-order valence-corrected chi connectivity index (χ2v) is 10.8. The summed E-state index contributed by atoms with van der Waals surface area (Å²) in [5.41, 5.74) is 9.25. The molecular formula is C35H30N6O2. The molecule has 3 heterocycles. The van der Waals surface area contributed by atoms with Crippen LogP contribution in [0, 0.1) is 20.8 Å². The van der Waals surface area contributed by atoms with Crippen LogP contribution in [0.3, 0.4) is 0 Å². The lowest BCUT2D eigenvalue weighted by molar-refractivity contribution is 0.0600. The van der Waals surface area contributed by atoms with Crippen molar-refractivity contribution in [3.05, 3.63) is 131 Å². The molecule has 1 N–H and O–H groups in total. The number of amidine groups is 2. The van der Waals surface area contributed by atoms with Crippen molar-refractivity contribution in [3.63, 3.8) is 0 Å². The highest BCUT2D eigenvalue weighted by Gasteiger charge is 2.41. The number of aliphatic imine (C=N–C) groups is 2. The minimum Gasteiger partial charge on any atom is -0.465 e. The normalized spacial score (nSPS) is 15.1. The van der Waals surface area contributed by atoms with E-state index in [1.54, 1.807) is 0 Å². The van der Waals surface area contributed by atoms with Gasteiger partial charge in [0.05, 0.1) is 41.5 Å². The van der Waals surface area contributed by atoms with E-state index in [4.69, 9.17) is 19.8 Å². The molecule has 0 radical (unpaired) electrons. The van der Waals surface area contributed by atoms with Gasteiger partial charge in [-0.2, -0.15) is 5.10 Å². The lowest BCUT2D eigenvalue weighted by atomic mass is 9.92. The van der Waals surface area contributed by atoms with Crippen molar-refractivity contribution >= 4 is 40.5 Å². The van der Waals surface area contributed by atoms with Gasteiger partial charge in [0.2, 0.25) is 0 Å². The maximum Gasteiger partial charge on any atom is 0.337 e. The lowest BCUT2D eigenvalue weighted by Gasteiger charge is -2.40. The minimum absolute atomic E-state index is 0.293. The van der Waals surface area contributed by atoms with E-state index in [-0.39, 0.29) is 12.0 Å². The zero-order valence-electron chi connectivity index (χ0n) is 24.4. The van der Waals surface area contributed by atoms with Gasteiger partial charge in [0.1, 0.15) is 0 Å². The summed E-state index contributed by atoms with van der Waals surface area (Å²) >= 11 is 0. The smallest absolute Gasteiger partial charge is 0.337 e. The average molecular weight is 567 g/mol. The number of para-hydroxylation sites is 3. The van der Waals surface area contributed by atoms with E-state index < -0.39 is 0 Å². The second-order valence-electron chi connectivity index (χ2n) is 10.8. The van der Waals surface area contributed by atoms with Crippen LogP contribution in [0.2, 0.25) is 0 Å². The molecule has 2 aliphatic rings. The third-order valence-electron chi connectivity index (χ3n) is 7.93. The quantitative estimate of drug-likeness (QED) is 0.230. The molecule has 0 saturated carbocycles. The van der Waals surface area contributed by atoms with Crippen molar-refractivity contribution in [3.8, 4) is 5.69 Å². The number of hydrogen-bond acceptors (Lipinski definition) is 7. The van der Waals surface area contributed by atoms with Gasteiger partial charge in [-0.15, -0.1) is 0 Å². The molecule has 1 aromatic heterocycles. The van der Waals surface area contributed by atoms with E-state index in [2.05, 4.69) is 48.3 Å². The highest BCUT2D eigenvalue weighted by atomic mass is 16.5. The molecule has 2 aliphatic heterocycles. The van der Waals surface area contributed by atoms with Crippen LogP contribution in [0.15, 0.2) is 107 Å². The van der Waals surface area contributed by atoms with Crippen LogP contribution in [-0.2, 0) is 4.74 Å². The second kappa shape index (κ2) is 10.4. The largest absolute Gasteiger partial charge is 0.465 e. The van der Waals surface area contributed by atoms with Gasteiger partial charge < -0.3 is 15.0 Å². The molecule has 0 spiro atoms. The van der Waals surface area contributed by atoms with Crippen LogP contribution < -0.4 is 10.2 Å². The third kappa shape index (κ3) is 4.48. The molecule has 0 bridgehead atoms. The maximum atomic E-state index is 12.3. The first-order valence-electron chi connectivity index (χ1n) is 14.2. The van der Waals surface area contributed by atoms with Gasteiger partial charge in [-0.1, -0.05) is 54.6 Å². The average Bonchev–Trinajstić information content (AvgIpc) is 3.37. The number of methoxy groups -OCH3 is 1. The van der Waals surface area contributed by atoms with Crippen LogP contribution in [0.4, 0.5) is 22.9 Å². The number of hydrogen-bond donors (Lipinski definition) is 1. The number of carbonyl (C=O) groups excluding carboxylic acids is 1. The van der Waals surface area contributed by atoms with Gasteiger partial charge in [-0.25, -0.2) is 19.5 Å². The summed E-state index contributed by atoms with van der Waals surface area (Å²) in [6.45, 7) is 6.18. The number of aromatic nitrogens is 2. The topological polar surface area (TPSA) is 84.1 Å². The van der Waals surface area contributed by atoms with Crippen LogP contribution in [0.1, 0.15) is 44.3 Å². The van der Waals surface area contributed by atoms with Crippen LogP contribution in [0.25, 0.3) is 5.69 Å². The summed E-state index contributed by atoms with van der Waals surface area (Å²) < 4.78 is 6.87. The van der Waals surface area contributed by atoms with Crippen molar-refractivity contribution in [1.82, 2.24) is 9.78 Å². The number of fused-ring (bicyclic) bond motifs is 4. The number of aryl methyl sites for hydroxylation is 3. The van der Waals surface area contributed by atoms with Gasteiger partial charge >= 0.3 is 5.97 Å². The molecule has 0 amide bonds. The number of esters is 1. The Labute approximate surface area is 250 Å². The summed E-state index contributed by atoms with van der Waals surface area (Å²) in [6, 6.07) is 31.7. The Hall–Kier alpha value is -5.50. The number of rotatable bonds is 4. The number of nitrogens with one attached hydrogen (secondary N) is 1. The molecule has 5 aromatic rings. The molecule has 7 rings (SSSR count). The predicted molar refractivity (Wildman–Crippen MR) is 171 cm³/mol. The molecular weight excluding hydrogens is 536 g/mol. The van der Waals surface area contributed by atoms with Crippen molar-refractivity contribution in [2.45, 2.75) is 26.8 Å². The van der Waals surface area contributed by atoms with Crippen molar-refractivity contribution in [1.29, 1.82) is 0 Å². The van der Waals surface area contributed by atoms with Crippen LogP contribution >= 0.6 is 0 Å². The summed E-state index contributed by atoms with van der Waals surface area (Å²) in [5, 5.41) is 8.61. The summed E-state index contributed by atoms with van der Waals surface area (Å²) in [7, 11) is 1.39. The van der Waals surface area contributed by atoms with Gasteiger partial charge in [0.25, 0.3) is 0 Å². The first-order chi connectivity index (χ1) is 20.9. The summed E-state index contributed by atoms with van der Waals surface area (Å²) in [6.07, 6.45) is 0. The zero-order chi connectivity index (χ0) is 29.7. The number of benzene rings is 4. The Balaban J connectivity index is 1.48. The lowest BCUT2D eigenvalue weighted by Crippen LogP contribution is -2.46. The van der Waals surface area contributed by atoms with E-state index >= 15 is 0 Å². The fourth-order valence-corrected chi connectivity index (χ4v) is 5.78. The molecule has 0 saturated heterocycles. The molecule has 0 fully saturated rings. The molecule has 43 heavy (non-hydrogen) atoms. The van der Waals surface area contributed by atoms with Gasteiger partial charge in [-0.05, 0) is 79.9 Å². The van der Waals surface area contributed by atoms with Gasteiger partial charge in [0, 0.05) is 11.3 Å². The highest BCUT2D eigenvalue weighted by molar-refractivity contribution is 6.51. The molecule has 0 unspecified atom stereocenters. The minimum atomic E-state index is -0.373. The summed E-state index contributed by atoms with van der Waals surface area (Å²) in [4.78, 5) is 24.9. The monoisotopic (exact) mass is 566 g/mol. The Bertz CT molecular complexity index is 1940. The molecule has 212 valence electrons. The molecule has 1 atom stereocenters. The zero-order valence-corrected chi connectivity index (χ0v) is 24.4. The SMILES string of the molecule is COC(=O)c1ccc([C@@H]2c3c(C)nn(-c4ccccc4)c3N=C3C(Nc4cc(C)ccc4C)=Nc4ccccc4N32)cc1. The third-order valence-corrected chi connectivity index (χ3v) is 7.93. The van der Waals surface area contributed by atoms with E-state index in [0.29, 0.717) is 17.2 Å². The molecule has 8 nitrogen and oxygen atoms in total. The maximum absolute atomic E-state index is 12.3. The standard InChI is InChI=1S/C35H30N6O2/c1-21-14-15-22(2)28(20-21)37-32-34-38-33-30(23(3)39-41(33)26-10-6-5-7-11-26)31(24-16-18-25(19-17-24)35(42)43-4)40(34)29-13-9-8-12-27(29)36-32/h5-20,31H,1-4H3,(H,36,37)/t31-/m1/s1. The first-order valence-corrected chi connectivity index (χ1v) is 14.2. The summed E-state index contributed by atoms with van der Waals surface area (Å²) in [5.74, 6) is 1.70. The highest BCUT2D eigenvalue weighted by Crippen LogP contribution is 2.48. The first kappa shape index (κ1) is 26.4. The fourth-order valence-electron chi connectivity index (χ4n) is 5.78. The van der Waals surface area contributed by atoms with E-state index in [9.17, 15) is 4.79 Å². The van der Waals surface area contributed by atoms with Crippen molar-refractivity contribution < 1.29 is 9.53 Å². The number of nitrogens with zero attached hydrogens (tertiary/aromatic N) is 5. The Morgan fingerprint density at radius 3 is 2.37 bits per heavy atom. The fraction of sp³-hybridized carbons (Fsp3) is 0.143. The predicted octanol–water partition coefficient (Wildman–Crippen LogP) is 7.38. The van der Waals surface area contributed by atoms with E-state index in [0.717, 1.165) is 56.5 Å². The van der Waals surface area contributed by atoms with Crippen molar-refractivity contribution in [2.75, 3.05) is 17.3 Å². The van der Waals surface area contributed by atoms with Gasteiger partial charge in [-0.3, -0.25) is 0 Å². The molecule has 4 aromatic carbocycles. The van der Waals surface area contributed by atoms with Crippen LogP contribution in [-0.4, -0.2) is 34.5 Å². The molecule has 0 aliphatic carbocycles. The molecule has 8 heteroatoms. The van der Waals surface area contributed by atoms with E-state index in [1.807, 2.05) is 84.4 Å². The van der Waals surface area contributed by atoms with E-state index in [1.165, 1.54) is 7.11 Å². The van der Waals surface area contributed by atoms with Crippen molar-refractivity contribution in [2.24, 2.45) is 9.98 Å². The number of ether oxygens (including phenoxy) is 1. The Kier molecular flexibility index (Phi) is 6.39. The Morgan fingerprint density at radius 2 is 1.60 bits per heavy atom. The van der Waals surface area contributed by atoms with Crippen LogP contribution in [0.5, 0.6) is 0 Å². The number of anilines is 2. The number of carbonyl (C=O) groups is 1.